The third-order valence-electron chi connectivity index (χ3n) is 2.77. The van der Waals surface area contributed by atoms with Crippen molar-refractivity contribution >= 4 is 5.91 Å². The maximum atomic E-state index is 11.5. The Balaban J connectivity index is 1.89. The number of amides is 1. The van der Waals surface area contributed by atoms with Crippen LogP contribution in [-0.2, 0) is 11.3 Å². The number of carbonyl (C=O) groups excluding carboxylic acids is 1. The first-order valence-electron chi connectivity index (χ1n) is 5.08. The Morgan fingerprint density at radius 3 is 2.80 bits per heavy atom. The third kappa shape index (κ3) is 2.02. The molecular weight excluding hydrogens is 194 g/mol. The van der Waals surface area contributed by atoms with Crippen molar-refractivity contribution < 1.29 is 9.32 Å². The molecule has 1 aliphatic rings. The van der Waals surface area contributed by atoms with Gasteiger partial charge < -0.3 is 15.2 Å². The average molecular weight is 209 g/mol. The lowest BCUT2D eigenvalue weighted by molar-refractivity contribution is -0.126. The SMILES string of the molecule is Cc1noc(C)c1CNC(=O)C1CNC1. The molecule has 0 aliphatic carbocycles. The molecule has 5 heteroatoms. The van der Waals surface area contributed by atoms with Crippen LogP contribution in [-0.4, -0.2) is 24.2 Å². The maximum Gasteiger partial charge on any atom is 0.225 e. The molecule has 0 aromatic carbocycles. The van der Waals surface area contributed by atoms with E-state index in [4.69, 9.17) is 4.52 Å². The van der Waals surface area contributed by atoms with E-state index in [1.165, 1.54) is 0 Å². The summed E-state index contributed by atoms with van der Waals surface area (Å²) in [5.74, 6) is 1.01. The lowest BCUT2D eigenvalue weighted by Crippen LogP contribution is -2.50. The zero-order valence-corrected chi connectivity index (χ0v) is 8.96. The standard InChI is InChI=1S/C10H15N3O2/c1-6-9(7(2)15-13-6)5-12-10(14)8-3-11-4-8/h8,11H,3-5H2,1-2H3,(H,12,14). The summed E-state index contributed by atoms with van der Waals surface area (Å²) in [6.45, 7) is 5.81. The highest BCUT2D eigenvalue weighted by molar-refractivity contribution is 5.80. The Kier molecular flexibility index (Phi) is 2.73. The van der Waals surface area contributed by atoms with Gasteiger partial charge in [0.05, 0.1) is 11.6 Å². The topological polar surface area (TPSA) is 67.2 Å². The highest BCUT2D eigenvalue weighted by atomic mass is 16.5. The molecule has 5 nitrogen and oxygen atoms in total. The van der Waals surface area contributed by atoms with E-state index in [0.29, 0.717) is 6.54 Å². The van der Waals surface area contributed by atoms with Gasteiger partial charge in [0.2, 0.25) is 5.91 Å². The minimum atomic E-state index is 0.105. The Hall–Kier alpha value is -1.36. The summed E-state index contributed by atoms with van der Waals surface area (Å²) in [4.78, 5) is 11.5. The van der Waals surface area contributed by atoms with Gasteiger partial charge in [0.25, 0.3) is 0 Å². The largest absolute Gasteiger partial charge is 0.361 e. The van der Waals surface area contributed by atoms with Gasteiger partial charge in [-0.25, -0.2) is 0 Å². The number of hydrogen-bond acceptors (Lipinski definition) is 4. The molecule has 0 radical (unpaired) electrons. The smallest absolute Gasteiger partial charge is 0.225 e. The van der Waals surface area contributed by atoms with Gasteiger partial charge in [0, 0.05) is 25.2 Å². The Morgan fingerprint density at radius 1 is 1.60 bits per heavy atom. The van der Waals surface area contributed by atoms with Crippen LogP contribution >= 0.6 is 0 Å². The lowest BCUT2D eigenvalue weighted by Gasteiger charge is -2.25. The monoisotopic (exact) mass is 209 g/mol. The Labute approximate surface area is 88.2 Å². The van der Waals surface area contributed by atoms with Crippen molar-refractivity contribution in [3.8, 4) is 0 Å². The van der Waals surface area contributed by atoms with Crippen LogP contribution in [0, 0.1) is 19.8 Å². The zero-order valence-electron chi connectivity index (χ0n) is 8.96. The van der Waals surface area contributed by atoms with Crippen molar-refractivity contribution in [1.82, 2.24) is 15.8 Å². The minimum Gasteiger partial charge on any atom is -0.361 e. The molecule has 2 rings (SSSR count). The van der Waals surface area contributed by atoms with Gasteiger partial charge in [-0.05, 0) is 13.8 Å². The zero-order chi connectivity index (χ0) is 10.8. The van der Waals surface area contributed by atoms with Gasteiger partial charge in [-0.1, -0.05) is 5.16 Å². The van der Waals surface area contributed by atoms with E-state index in [1.807, 2.05) is 13.8 Å². The van der Waals surface area contributed by atoms with Crippen molar-refractivity contribution in [2.75, 3.05) is 13.1 Å². The first-order valence-corrected chi connectivity index (χ1v) is 5.08. The van der Waals surface area contributed by atoms with E-state index >= 15 is 0 Å². The van der Waals surface area contributed by atoms with Crippen LogP contribution in [0.15, 0.2) is 4.52 Å². The normalized spacial score (nSPS) is 16.1. The van der Waals surface area contributed by atoms with E-state index in [-0.39, 0.29) is 11.8 Å². The first kappa shape index (κ1) is 10.2. The Bertz CT molecular complexity index is 349. The molecule has 0 saturated carbocycles. The fraction of sp³-hybridized carbons (Fsp3) is 0.600. The van der Waals surface area contributed by atoms with Crippen LogP contribution in [0.25, 0.3) is 0 Å². The van der Waals surface area contributed by atoms with Crippen LogP contribution in [0.4, 0.5) is 0 Å². The number of aromatic nitrogens is 1. The van der Waals surface area contributed by atoms with Gasteiger partial charge in [0.15, 0.2) is 0 Å². The van der Waals surface area contributed by atoms with Gasteiger partial charge in [-0.2, -0.15) is 0 Å². The summed E-state index contributed by atoms with van der Waals surface area (Å²) in [5.41, 5.74) is 1.83. The molecule has 0 spiro atoms. The second-order valence-electron chi connectivity index (χ2n) is 3.88. The molecule has 0 atom stereocenters. The van der Waals surface area contributed by atoms with Crippen LogP contribution in [0.1, 0.15) is 17.0 Å². The molecular formula is C10H15N3O2. The molecule has 82 valence electrons. The lowest BCUT2D eigenvalue weighted by atomic mass is 10.0. The summed E-state index contributed by atoms with van der Waals surface area (Å²) in [5, 5.41) is 9.79. The van der Waals surface area contributed by atoms with Crippen molar-refractivity contribution in [2.24, 2.45) is 5.92 Å². The van der Waals surface area contributed by atoms with Crippen LogP contribution < -0.4 is 10.6 Å². The van der Waals surface area contributed by atoms with Crippen molar-refractivity contribution in [2.45, 2.75) is 20.4 Å². The quantitative estimate of drug-likeness (QED) is 0.742. The summed E-state index contributed by atoms with van der Waals surface area (Å²) in [6, 6.07) is 0. The predicted octanol–water partition coefficient (Wildman–Crippen LogP) is 0.127. The molecule has 1 aromatic heterocycles. The van der Waals surface area contributed by atoms with Crippen LogP contribution in [0.2, 0.25) is 0 Å². The number of hydrogen-bond donors (Lipinski definition) is 2. The van der Waals surface area contributed by atoms with E-state index in [0.717, 1.165) is 30.1 Å². The second-order valence-corrected chi connectivity index (χ2v) is 3.88. The number of aryl methyl sites for hydroxylation is 2. The number of nitrogens with one attached hydrogen (secondary N) is 2. The number of nitrogens with zero attached hydrogens (tertiary/aromatic N) is 1. The highest BCUT2D eigenvalue weighted by Crippen LogP contribution is 2.12. The molecule has 1 saturated heterocycles. The molecule has 1 amide bonds. The first-order chi connectivity index (χ1) is 7.18. The average Bonchev–Trinajstić information content (AvgIpc) is 2.41. The minimum absolute atomic E-state index is 0.105. The van der Waals surface area contributed by atoms with E-state index in [9.17, 15) is 4.79 Å². The van der Waals surface area contributed by atoms with Crippen molar-refractivity contribution in [3.63, 3.8) is 0 Å². The summed E-state index contributed by atoms with van der Waals surface area (Å²) >= 11 is 0. The predicted molar refractivity (Wildman–Crippen MR) is 54.2 cm³/mol. The number of rotatable bonds is 3. The molecule has 15 heavy (non-hydrogen) atoms. The van der Waals surface area contributed by atoms with E-state index in [1.54, 1.807) is 0 Å². The van der Waals surface area contributed by atoms with Gasteiger partial charge >= 0.3 is 0 Å². The summed E-state index contributed by atoms with van der Waals surface area (Å²) in [6.07, 6.45) is 0. The summed E-state index contributed by atoms with van der Waals surface area (Å²) in [7, 11) is 0. The molecule has 2 heterocycles. The molecule has 2 N–H and O–H groups in total. The third-order valence-corrected chi connectivity index (χ3v) is 2.77. The fourth-order valence-electron chi connectivity index (χ4n) is 1.55. The van der Waals surface area contributed by atoms with E-state index < -0.39 is 0 Å². The molecule has 0 bridgehead atoms. The highest BCUT2D eigenvalue weighted by Gasteiger charge is 2.24. The molecule has 1 aliphatic heterocycles. The van der Waals surface area contributed by atoms with Crippen LogP contribution in [0.3, 0.4) is 0 Å². The van der Waals surface area contributed by atoms with Gasteiger partial charge in [-0.15, -0.1) is 0 Å². The molecule has 1 fully saturated rings. The van der Waals surface area contributed by atoms with E-state index in [2.05, 4.69) is 15.8 Å². The Morgan fingerprint density at radius 2 is 2.33 bits per heavy atom. The molecule has 0 unspecified atom stereocenters. The van der Waals surface area contributed by atoms with Crippen LogP contribution in [0.5, 0.6) is 0 Å². The number of carbonyl (C=O) groups is 1. The fourth-order valence-corrected chi connectivity index (χ4v) is 1.55. The second kappa shape index (κ2) is 4.02. The van der Waals surface area contributed by atoms with Gasteiger partial charge in [0.1, 0.15) is 5.76 Å². The van der Waals surface area contributed by atoms with Gasteiger partial charge in [-0.3, -0.25) is 4.79 Å². The maximum absolute atomic E-state index is 11.5. The molecule has 1 aromatic rings. The summed E-state index contributed by atoms with van der Waals surface area (Å²) < 4.78 is 5.01. The van der Waals surface area contributed by atoms with Crippen molar-refractivity contribution in [3.05, 3.63) is 17.0 Å². The van der Waals surface area contributed by atoms with Crippen molar-refractivity contribution in [1.29, 1.82) is 0 Å².